The number of rotatable bonds is 56. The summed E-state index contributed by atoms with van der Waals surface area (Å²) in [6.07, 6.45) is 90.2. The number of carbonyl (C=O) groups excluding carboxylic acids is 3. The quantitative estimate of drug-likeness (QED) is 0.0261. The first kappa shape index (κ1) is 72.5. The molecule has 0 heterocycles. The minimum Gasteiger partial charge on any atom is -0.462 e. The highest BCUT2D eigenvalue weighted by Crippen LogP contribution is 2.15. The van der Waals surface area contributed by atoms with Crippen LogP contribution < -0.4 is 0 Å². The second-order valence-electron chi connectivity index (χ2n) is 20.5. The molecule has 0 saturated heterocycles. The smallest absolute Gasteiger partial charge is 0.306 e. The molecule has 0 bridgehead atoms. The molecule has 0 saturated carbocycles. The number of allylic oxidation sites excluding steroid dienone is 22. The van der Waals surface area contributed by atoms with Crippen LogP contribution in [-0.4, -0.2) is 37.2 Å². The zero-order valence-corrected chi connectivity index (χ0v) is 49.9. The number of carbonyl (C=O) groups is 3. The Morgan fingerprint density at radius 1 is 0.273 bits per heavy atom. The molecule has 0 aromatic heterocycles. The summed E-state index contributed by atoms with van der Waals surface area (Å²) in [5, 5.41) is 0. The largest absolute Gasteiger partial charge is 0.462 e. The Hall–Kier alpha value is -4.45. The van der Waals surface area contributed by atoms with Gasteiger partial charge in [0.2, 0.25) is 0 Å². The minimum atomic E-state index is -0.816. The molecule has 0 rings (SSSR count). The molecule has 0 unspecified atom stereocenters. The molecule has 0 N–H and O–H groups in total. The second kappa shape index (κ2) is 64.1. The molecule has 0 spiro atoms. The van der Waals surface area contributed by atoms with Crippen LogP contribution in [-0.2, 0) is 28.6 Å². The van der Waals surface area contributed by atoms with Crippen LogP contribution in [0.25, 0.3) is 0 Å². The van der Waals surface area contributed by atoms with Crippen molar-refractivity contribution in [3.63, 3.8) is 0 Å². The van der Waals surface area contributed by atoms with Crippen molar-refractivity contribution in [1.29, 1.82) is 0 Å². The summed E-state index contributed by atoms with van der Waals surface area (Å²) in [4.78, 5) is 38.3. The predicted molar refractivity (Wildman–Crippen MR) is 334 cm³/mol. The van der Waals surface area contributed by atoms with E-state index >= 15 is 0 Å². The minimum absolute atomic E-state index is 0.106. The van der Waals surface area contributed by atoms with Crippen LogP contribution in [0, 0.1) is 0 Å². The summed E-state index contributed by atoms with van der Waals surface area (Å²) in [5.41, 5.74) is 0. The van der Waals surface area contributed by atoms with E-state index in [9.17, 15) is 14.4 Å². The fourth-order valence-electron chi connectivity index (χ4n) is 8.43. The molecule has 0 aliphatic heterocycles. The molecule has 0 aromatic carbocycles. The number of esters is 3. The van der Waals surface area contributed by atoms with E-state index < -0.39 is 6.10 Å². The molecule has 6 heteroatoms. The van der Waals surface area contributed by atoms with Gasteiger partial charge in [0.05, 0.1) is 0 Å². The Morgan fingerprint density at radius 2 is 0.506 bits per heavy atom. The second-order valence-corrected chi connectivity index (χ2v) is 20.5. The van der Waals surface area contributed by atoms with Crippen molar-refractivity contribution in [2.45, 2.75) is 284 Å². The molecule has 0 aliphatic carbocycles. The molecule has 0 radical (unpaired) electrons. The van der Waals surface area contributed by atoms with Crippen molar-refractivity contribution < 1.29 is 28.6 Å². The zero-order chi connectivity index (χ0) is 55.7. The van der Waals surface area contributed by atoms with Crippen molar-refractivity contribution in [2.24, 2.45) is 0 Å². The normalized spacial score (nSPS) is 13.0. The van der Waals surface area contributed by atoms with E-state index in [0.29, 0.717) is 19.3 Å². The van der Waals surface area contributed by atoms with Crippen molar-refractivity contribution in [3.8, 4) is 0 Å². The summed E-state index contributed by atoms with van der Waals surface area (Å²) in [5.74, 6) is -0.971. The number of hydrogen-bond acceptors (Lipinski definition) is 6. The van der Waals surface area contributed by atoms with Crippen molar-refractivity contribution in [1.82, 2.24) is 0 Å². The Balaban J connectivity index is 4.51. The first-order chi connectivity index (χ1) is 38.0. The first-order valence-corrected chi connectivity index (χ1v) is 31.7. The molecule has 436 valence electrons. The topological polar surface area (TPSA) is 78.9 Å². The third-order valence-electron chi connectivity index (χ3n) is 13.1. The molecule has 0 aromatic rings. The van der Waals surface area contributed by atoms with Crippen molar-refractivity contribution in [2.75, 3.05) is 13.2 Å². The lowest BCUT2D eigenvalue weighted by Crippen LogP contribution is -2.30. The third kappa shape index (κ3) is 62.3. The first-order valence-electron chi connectivity index (χ1n) is 31.7. The van der Waals surface area contributed by atoms with Crippen molar-refractivity contribution in [3.05, 3.63) is 134 Å². The molecule has 6 nitrogen and oxygen atoms in total. The summed E-state index contributed by atoms with van der Waals surface area (Å²) in [7, 11) is 0. The standard InChI is InChI=1S/C71H116O6/c1-4-7-10-13-16-19-22-25-28-31-34-35-38-40-43-46-49-52-55-58-61-64-70(73)76-67-68(77-71(74)65-62-59-56-53-50-47-44-41-37-33-30-27-24-21-18-15-12-9-6-3)66-75-69(72)63-60-57-54-51-48-45-42-39-36-32-29-26-23-20-17-14-11-8-5-2/h8-9,11-12,17-18,20-21,25-30,36-37,39,41,45,47-48,50,68H,4-7,10,13-16,19,22-24,31-35,38,40,42-44,46,49,51-67H2,1-3H3/b11-8-,12-9-,20-17-,21-18-,28-25-,29-26-,30-27-,39-36-,41-37-,48-45-,50-47-/t68-/m1/s1. The van der Waals surface area contributed by atoms with E-state index in [2.05, 4.69) is 154 Å². The van der Waals surface area contributed by atoms with Crippen LogP contribution in [0.1, 0.15) is 278 Å². The Morgan fingerprint density at radius 3 is 0.818 bits per heavy atom. The van der Waals surface area contributed by atoms with Gasteiger partial charge in [0.1, 0.15) is 13.2 Å². The van der Waals surface area contributed by atoms with E-state index in [1.54, 1.807) is 0 Å². The maximum Gasteiger partial charge on any atom is 0.306 e. The van der Waals surface area contributed by atoms with Gasteiger partial charge in [-0.15, -0.1) is 0 Å². The van der Waals surface area contributed by atoms with Gasteiger partial charge >= 0.3 is 17.9 Å². The van der Waals surface area contributed by atoms with E-state index in [1.807, 2.05) is 0 Å². The number of ether oxygens (including phenoxy) is 3. The zero-order valence-electron chi connectivity index (χ0n) is 49.9. The Labute approximate surface area is 475 Å². The molecular formula is C71H116O6. The van der Waals surface area contributed by atoms with E-state index in [4.69, 9.17) is 14.2 Å². The maximum absolute atomic E-state index is 12.9. The summed E-state index contributed by atoms with van der Waals surface area (Å²) in [6, 6.07) is 0. The van der Waals surface area contributed by atoms with Gasteiger partial charge in [-0.3, -0.25) is 14.4 Å². The van der Waals surface area contributed by atoms with E-state index in [-0.39, 0.29) is 37.5 Å². The monoisotopic (exact) mass is 1060 g/mol. The van der Waals surface area contributed by atoms with Crippen LogP contribution >= 0.6 is 0 Å². The van der Waals surface area contributed by atoms with Crippen LogP contribution in [0.3, 0.4) is 0 Å². The van der Waals surface area contributed by atoms with Crippen LogP contribution in [0.15, 0.2) is 134 Å². The van der Waals surface area contributed by atoms with E-state index in [0.717, 1.165) is 128 Å². The van der Waals surface area contributed by atoms with Gasteiger partial charge in [0.15, 0.2) is 6.10 Å². The molecule has 77 heavy (non-hydrogen) atoms. The summed E-state index contributed by atoms with van der Waals surface area (Å²) < 4.78 is 16.9. The van der Waals surface area contributed by atoms with Gasteiger partial charge in [-0.25, -0.2) is 0 Å². The highest BCUT2D eigenvalue weighted by molar-refractivity contribution is 5.71. The third-order valence-corrected chi connectivity index (χ3v) is 13.1. The van der Waals surface area contributed by atoms with Crippen LogP contribution in [0.5, 0.6) is 0 Å². The summed E-state index contributed by atoms with van der Waals surface area (Å²) >= 11 is 0. The summed E-state index contributed by atoms with van der Waals surface area (Å²) in [6.45, 7) is 6.36. The molecule has 0 amide bonds. The van der Waals surface area contributed by atoms with E-state index in [1.165, 1.54) is 103 Å². The molecular weight excluding hydrogens is 949 g/mol. The van der Waals surface area contributed by atoms with Gasteiger partial charge < -0.3 is 14.2 Å². The molecule has 0 fully saturated rings. The SMILES string of the molecule is CC/C=C\C/C=C\C/C=C\C/C=C\C/C=C\CCCCCC(=O)OC[C@H](COC(=O)CCCCCCCCCCCCC/C=C\CCCCCCCC)OC(=O)CCCCC/C=C\C/C=C\C/C=C\C/C=C\C/C=C\CC. The lowest BCUT2D eigenvalue weighted by atomic mass is 10.0. The van der Waals surface area contributed by atoms with Gasteiger partial charge in [-0.2, -0.15) is 0 Å². The lowest BCUT2D eigenvalue weighted by molar-refractivity contribution is -0.167. The van der Waals surface area contributed by atoms with Gasteiger partial charge in [-0.1, -0.05) is 257 Å². The lowest BCUT2D eigenvalue weighted by Gasteiger charge is -2.18. The number of unbranched alkanes of at least 4 members (excludes halogenated alkanes) is 23. The highest BCUT2D eigenvalue weighted by atomic mass is 16.6. The van der Waals surface area contributed by atoms with Gasteiger partial charge in [0.25, 0.3) is 0 Å². The van der Waals surface area contributed by atoms with Gasteiger partial charge in [0, 0.05) is 19.3 Å². The molecule has 0 aliphatic rings. The number of hydrogen-bond donors (Lipinski definition) is 0. The average molecular weight is 1070 g/mol. The van der Waals surface area contributed by atoms with Crippen molar-refractivity contribution >= 4 is 17.9 Å². The predicted octanol–water partition coefficient (Wildman–Crippen LogP) is 21.8. The maximum atomic E-state index is 12.9. The fourth-order valence-corrected chi connectivity index (χ4v) is 8.43. The Bertz CT molecular complexity index is 1650. The fraction of sp³-hybridized carbons (Fsp3) is 0.648. The van der Waals surface area contributed by atoms with Crippen LogP contribution in [0.4, 0.5) is 0 Å². The Kier molecular flexibility index (Phi) is 60.4. The molecule has 1 atom stereocenters. The highest BCUT2D eigenvalue weighted by Gasteiger charge is 2.19. The average Bonchev–Trinajstić information content (AvgIpc) is 3.43. The van der Waals surface area contributed by atoms with Crippen LogP contribution in [0.2, 0.25) is 0 Å². The van der Waals surface area contributed by atoms with Gasteiger partial charge in [-0.05, 0) is 135 Å².